The highest BCUT2D eigenvalue weighted by Crippen LogP contribution is 2.15. The number of carbonyl (C=O) groups is 1. The van der Waals surface area contributed by atoms with Gasteiger partial charge in [0.2, 0.25) is 0 Å². The van der Waals surface area contributed by atoms with E-state index in [1.54, 1.807) is 0 Å². The normalized spacial score (nSPS) is 12.4. The fraction of sp³-hybridized carbons (Fsp3) is 0.952. The lowest BCUT2D eigenvalue weighted by atomic mass is 10.1. The molecular weight excluding hydrogens is 298 g/mol. The number of nitrogens with zero attached hydrogens (tertiary/aromatic N) is 1. The highest BCUT2D eigenvalue weighted by atomic mass is 16.6. The molecule has 0 aliphatic carbocycles. The van der Waals surface area contributed by atoms with E-state index in [9.17, 15) is 4.79 Å². The molecule has 0 aromatic rings. The Hall–Kier alpha value is -0.730. The molecule has 0 saturated carbocycles. The van der Waals surface area contributed by atoms with Gasteiger partial charge in [0.25, 0.3) is 0 Å². The summed E-state index contributed by atoms with van der Waals surface area (Å²) in [6.07, 6.45) is 13.5. The van der Waals surface area contributed by atoms with Gasteiger partial charge < -0.3 is 9.64 Å². The van der Waals surface area contributed by atoms with Crippen LogP contribution in [-0.2, 0) is 4.74 Å². The molecule has 1 atom stereocenters. The monoisotopic (exact) mass is 341 g/mol. The van der Waals surface area contributed by atoms with E-state index >= 15 is 0 Å². The largest absolute Gasteiger partial charge is 0.449 e. The van der Waals surface area contributed by atoms with Crippen LogP contribution in [0.15, 0.2) is 0 Å². The number of unbranched alkanes of at least 4 members (excludes halogenated alkanes) is 8. The van der Waals surface area contributed by atoms with Crippen molar-refractivity contribution in [2.24, 2.45) is 5.92 Å². The molecule has 1 unspecified atom stereocenters. The zero-order valence-electron chi connectivity index (χ0n) is 17.1. The van der Waals surface area contributed by atoms with E-state index in [0.717, 1.165) is 19.4 Å². The second-order valence-electron chi connectivity index (χ2n) is 7.63. The Balaban J connectivity index is 4.28. The molecule has 0 saturated heterocycles. The molecule has 144 valence electrons. The van der Waals surface area contributed by atoms with Crippen molar-refractivity contribution in [3.05, 3.63) is 0 Å². The number of ether oxygens (including phenoxy) is 1. The summed E-state index contributed by atoms with van der Waals surface area (Å²) in [5.41, 5.74) is 0. The van der Waals surface area contributed by atoms with E-state index in [2.05, 4.69) is 34.6 Å². The molecule has 3 nitrogen and oxygen atoms in total. The van der Waals surface area contributed by atoms with Crippen molar-refractivity contribution in [1.29, 1.82) is 0 Å². The summed E-state index contributed by atoms with van der Waals surface area (Å²) in [5, 5.41) is 0. The van der Waals surface area contributed by atoms with Crippen molar-refractivity contribution >= 4 is 6.09 Å². The summed E-state index contributed by atoms with van der Waals surface area (Å²) in [4.78, 5) is 14.4. The van der Waals surface area contributed by atoms with E-state index in [4.69, 9.17) is 4.74 Å². The second kappa shape index (κ2) is 15.8. The lowest BCUT2D eigenvalue weighted by molar-refractivity contribution is 0.0769. The summed E-state index contributed by atoms with van der Waals surface area (Å²) in [5.74, 6) is 0.393. The Bertz CT molecular complexity index is 292. The third-order valence-electron chi connectivity index (χ3n) is 4.53. The Morgan fingerprint density at radius 1 is 0.833 bits per heavy atom. The minimum Gasteiger partial charge on any atom is -0.449 e. The summed E-state index contributed by atoms with van der Waals surface area (Å²) >= 11 is 0. The maximum atomic E-state index is 12.4. The molecule has 0 N–H and O–H groups in total. The highest BCUT2D eigenvalue weighted by molar-refractivity contribution is 5.68. The molecule has 24 heavy (non-hydrogen) atoms. The van der Waals surface area contributed by atoms with Crippen LogP contribution < -0.4 is 0 Å². The smallest absolute Gasteiger partial charge is 0.410 e. The van der Waals surface area contributed by atoms with Gasteiger partial charge in [0, 0.05) is 12.6 Å². The van der Waals surface area contributed by atoms with Gasteiger partial charge in [-0.1, -0.05) is 85.5 Å². The van der Waals surface area contributed by atoms with Crippen molar-refractivity contribution in [1.82, 2.24) is 4.90 Å². The first-order valence-electron chi connectivity index (χ1n) is 10.5. The van der Waals surface area contributed by atoms with Crippen molar-refractivity contribution < 1.29 is 9.53 Å². The lowest BCUT2D eigenvalue weighted by Gasteiger charge is -2.29. The molecule has 3 heteroatoms. The number of rotatable bonds is 15. The third-order valence-corrected chi connectivity index (χ3v) is 4.53. The van der Waals surface area contributed by atoms with Gasteiger partial charge in [0.05, 0.1) is 6.61 Å². The van der Waals surface area contributed by atoms with Gasteiger partial charge in [-0.3, -0.25) is 0 Å². The Kier molecular flexibility index (Phi) is 15.3. The zero-order valence-corrected chi connectivity index (χ0v) is 17.1. The van der Waals surface area contributed by atoms with Gasteiger partial charge >= 0.3 is 6.09 Å². The van der Waals surface area contributed by atoms with Crippen LogP contribution in [0.2, 0.25) is 0 Å². The molecule has 0 fully saturated rings. The molecular formula is C21H43NO2. The van der Waals surface area contributed by atoms with Crippen LogP contribution in [0, 0.1) is 5.92 Å². The number of carbonyl (C=O) groups excluding carboxylic acids is 1. The van der Waals surface area contributed by atoms with Crippen molar-refractivity contribution in [3.8, 4) is 0 Å². The first-order valence-corrected chi connectivity index (χ1v) is 10.5. The van der Waals surface area contributed by atoms with Gasteiger partial charge in [-0.15, -0.1) is 0 Å². The Morgan fingerprint density at radius 2 is 1.38 bits per heavy atom. The van der Waals surface area contributed by atoms with Crippen LogP contribution in [-0.4, -0.2) is 30.2 Å². The molecule has 0 rings (SSSR count). The van der Waals surface area contributed by atoms with Crippen LogP contribution in [0.5, 0.6) is 0 Å². The van der Waals surface area contributed by atoms with E-state index in [1.165, 1.54) is 57.8 Å². The van der Waals surface area contributed by atoms with Gasteiger partial charge in [-0.25, -0.2) is 4.79 Å². The number of amides is 1. The maximum Gasteiger partial charge on any atom is 0.410 e. The predicted molar refractivity (Wildman–Crippen MR) is 104 cm³/mol. The Labute approximate surface area is 151 Å². The van der Waals surface area contributed by atoms with E-state index < -0.39 is 0 Å². The van der Waals surface area contributed by atoms with Crippen molar-refractivity contribution in [3.63, 3.8) is 0 Å². The predicted octanol–water partition coefficient (Wildman–Crippen LogP) is 6.80. The molecule has 0 radical (unpaired) electrons. The topological polar surface area (TPSA) is 29.5 Å². The van der Waals surface area contributed by atoms with Crippen molar-refractivity contribution in [2.75, 3.05) is 13.2 Å². The molecule has 1 amide bonds. The highest BCUT2D eigenvalue weighted by Gasteiger charge is 2.21. The summed E-state index contributed by atoms with van der Waals surface area (Å²) in [7, 11) is 0. The van der Waals surface area contributed by atoms with Gasteiger partial charge in [0.15, 0.2) is 0 Å². The first kappa shape index (κ1) is 23.3. The molecule has 0 spiro atoms. The van der Waals surface area contributed by atoms with Crippen LogP contribution >= 0.6 is 0 Å². The molecule has 0 aromatic heterocycles. The summed E-state index contributed by atoms with van der Waals surface area (Å²) in [6, 6.07) is 0.289. The Morgan fingerprint density at radius 3 is 1.96 bits per heavy atom. The fourth-order valence-corrected chi connectivity index (χ4v) is 2.90. The van der Waals surface area contributed by atoms with Gasteiger partial charge in [-0.05, 0) is 25.7 Å². The average molecular weight is 342 g/mol. The van der Waals surface area contributed by atoms with E-state index in [0.29, 0.717) is 12.5 Å². The standard InChI is InChI=1S/C21H43NO2/c1-6-8-10-12-13-15-17-22(21(23)24-18-19(3)4)20(5)16-14-11-9-7-2/h19-20H,6-18H2,1-5H3. The van der Waals surface area contributed by atoms with Crippen LogP contribution in [0.25, 0.3) is 0 Å². The second-order valence-corrected chi connectivity index (χ2v) is 7.63. The van der Waals surface area contributed by atoms with Crippen molar-refractivity contribution in [2.45, 2.75) is 111 Å². The molecule has 0 aliphatic heterocycles. The SMILES string of the molecule is CCCCCCCCN(C(=O)OCC(C)C)C(C)CCCCCC. The van der Waals surface area contributed by atoms with Crippen LogP contribution in [0.4, 0.5) is 4.79 Å². The minimum atomic E-state index is -0.111. The fourth-order valence-electron chi connectivity index (χ4n) is 2.90. The summed E-state index contributed by atoms with van der Waals surface area (Å²) < 4.78 is 5.50. The third kappa shape index (κ3) is 12.7. The quantitative estimate of drug-likeness (QED) is 0.306. The number of hydrogen-bond acceptors (Lipinski definition) is 2. The molecule has 0 aliphatic rings. The van der Waals surface area contributed by atoms with Crippen LogP contribution in [0.3, 0.4) is 0 Å². The molecule has 0 aromatic carbocycles. The maximum absolute atomic E-state index is 12.4. The molecule has 0 heterocycles. The lowest BCUT2D eigenvalue weighted by Crippen LogP contribution is -2.40. The molecule has 0 bridgehead atoms. The summed E-state index contributed by atoms with van der Waals surface area (Å²) in [6.45, 7) is 12.2. The minimum absolute atomic E-state index is 0.111. The zero-order chi connectivity index (χ0) is 18.2. The van der Waals surface area contributed by atoms with Crippen LogP contribution in [0.1, 0.15) is 105 Å². The number of hydrogen-bond donors (Lipinski definition) is 0. The first-order chi connectivity index (χ1) is 11.5. The van der Waals surface area contributed by atoms with E-state index in [1.807, 2.05) is 4.90 Å². The van der Waals surface area contributed by atoms with Gasteiger partial charge in [-0.2, -0.15) is 0 Å². The van der Waals surface area contributed by atoms with Gasteiger partial charge in [0.1, 0.15) is 0 Å². The average Bonchev–Trinajstić information content (AvgIpc) is 2.55. The van der Waals surface area contributed by atoms with E-state index in [-0.39, 0.29) is 12.1 Å².